The van der Waals surface area contributed by atoms with E-state index in [2.05, 4.69) is 5.32 Å². The molecule has 0 aliphatic carbocycles. The van der Waals surface area contributed by atoms with Crippen LogP contribution in [-0.4, -0.2) is 45.0 Å². The highest BCUT2D eigenvalue weighted by molar-refractivity contribution is 7.86. The molecule has 0 bridgehead atoms. The minimum atomic E-state index is -4.60. The summed E-state index contributed by atoms with van der Waals surface area (Å²) in [6.45, 7) is 1.39. The van der Waals surface area contributed by atoms with Crippen LogP contribution in [0.4, 0.5) is 5.69 Å². The zero-order valence-electron chi connectivity index (χ0n) is 17.7. The lowest BCUT2D eigenvalue weighted by Crippen LogP contribution is -2.33. The lowest BCUT2D eigenvalue weighted by Gasteiger charge is -2.24. The minimum absolute atomic E-state index is 0.103. The first kappa shape index (κ1) is 24.5. The van der Waals surface area contributed by atoms with Gasteiger partial charge in [0, 0.05) is 19.6 Å². The number of rotatable bonds is 11. The van der Waals surface area contributed by atoms with Gasteiger partial charge in [-0.25, -0.2) is 0 Å². The summed E-state index contributed by atoms with van der Waals surface area (Å²) in [6, 6.07) is 13.6. The van der Waals surface area contributed by atoms with Crippen molar-refractivity contribution < 1.29 is 32.0 Å². The lowest BCUT2D eigenvalue weighted by molar-refractivity contribution is -0.130. The van der Waals surface area contributed by atoms with Gasteiger partial charge in [0.05, 0.1) is 24.8 Å². The van der Waals surface area contributed by atoms with Crippen LogP contribution in [0.15, 0.2) is 53.4 Å². The maximum Gasteiger partial charge on any atom is 0.296 e. The van der Waals surface area contributed by atoms with Crippen LogP contribution in [0.3, 0.4) is 0 Å². The van der Waals surface area contributed by atoms with Crippen LogP contribution in [0, 0.1) is 5.92 Å². The molecule has 9 heteroatoms. The van der Waals surface area contributed by atoms with Crippen LogP contribution in [0.2, 0.25) is 0 Å². The molecule has 2 atom stereocenters. The first-order valence-corrected chi connectivity index (χ1v) is 11.1. The van der Waals surface area contributed by atoms with Crippen molar-refractivity contribution in [3.63, 3.8) is 0 Å². The Kier molecular flexibility index (Phi) is 8.73. The van der Waals surface area contributed by atoms with Crippen molar-refractivity contribution in [3.8, 4) is 5.75 Å². The van der Waals surface area contributed by atoms with E-state index in [9.17, 15) is 22.6 Å². The summed E-state index contributed by atoms with van der Waals surface area (Å²) in [4.78, 5) is 24.4. The highest BCUT2D eigenvalue weighted by Gasteiger charge is 2.29. The molecule has 0 radical (unpaired) electrons. The van der Waals surface area contributed by atoms with Crippen molar-refractivity contribution in [2.24, 2.45) is 5.92 Å². The van der Waals surface area contributed by atoms with E-state index >= 15 is 0 Å². The predicted octanol–water partition coefficient (Wildman–Crippen LogP) is 3.12. The quantitative estimate of drug-likeness (QED) is 0.506. The number of hydrogen-bond donors (Lipinski definition) is 2. The van der Waals surface area contributed by atoms with Crippen LogP contribution in [-0.2, 0) is 30.9 Å². The van der Waals surface area contributed by atoms with Crippen LogP contribution < -0.4 is 10.1 Å². The van der Waals surface area contributed by atoms with Gasteiger partial charge in [0.15, 0.2) is 0 Å². The molecule has 2 N–H and O–H groups in total. The van der Waals surface area contributed by atoms with Crippen LogP contribution in [0.25, 0.3) is 0 Å². The molecule has 0 saturated carbocycles. The Morgan fingerprint density at radius 3 is 2.32 bits per heavy atom. The Morgan fingerprint density at radius 1 is 1.10 bits per heavy atom. The standard InChI is InChI=1S/C22H27NO7S/c1-15(24)18(20(30-3)12-9-16-7-5-4-6-8-16)14-22(25)23-19-11-10-17(29-2)13-21(19)31(26,27)28/h4-8,10-11,13,18,20H,9,12,14H2,1-3H3,(H,23,25)(H,26,27,28). The molecule has 0 saturated heterocycles. The predicted molar refractivity (Wildman–Crippen MR) is 116 cm³/mol. The third kappa shape index (κ3) is 7.16. The van der Waals surface area contributed by atoms with E-state index in [0.717, 1.165) is 11.6 Å². The van der Waals surface area contributed by atoms with E-state index in [1.165, 1.54) is 33.3 Å². The maximum absolute atomic E-state index is 12.6. The molecule has 2 aromatic carbocycles. The van der Waals surface area contributed by atoms with Gasteiger partial charge in [0.2, 0.25) is 5.91 Å². The topological polar surface area (TPSA) is 119 Å². The number of aryl methyl sites for hydroxylation is 1. The zero-order chi connectivity index (χ0) is 23.0. The lowest BCUT2D eigenvalue weighted by atomic mass is 9.90. The number of nitrogens with one attached hydrogen (secondary N) is 1. The second-order valence-electron chi connectivity index (χ2n) is 7.11. The van der Waals surface area contributed by atoms with Crippen molar-refractivity contribution >= 4 is 27.5 Å². The van der Waals surface area contributed by atoms with Crippen LogP contribution in [0.1, 0.15) is 25.3 Å². The number of anilines is 1. The van der Waals surface area contributed by atoms with E-state index < -0.39 is 32.9 Å². The Hall–Kier alpha value is -2.75. The molecule has 0 aliphatic heterocycles. The number of amides is 1. The van der Waals surface area contributed by atoms with Gasteiger partial charge in [-0.3, -0.25) is 14.1 Å². The van der Waals surface area contributed by atoms with Gasteiger partial charge >= 0.3 is 0 Å². The number of hydrogen-bond acceptors (Lipinski definition) is 6. The van der Waals surface area contributed by atoms with Gasteiger partial charge in [0.1, 0.15) is 16.4 Å². The number of methoxy groups -OCH3 is 2. The van der Waals surface area contributed by atoms with E-state index in [1.807, 2.05) is 30.3 Å². The highest BCUT2D eigenvalue weighted by Crippen LogP contribution is 2.27. The summed E-state index contributed by atoms with van der Waals surface area (Å²) in [5.41, 5.74) is 0.987. The average molecular weight is 450 g/mol. The number of ether oxygens (including phenoxy) is 2. The molecule has 168 valence electrons. The minimum Gasteiger partial charge on any atom is -0.497 e. The molecule has 2 rings (SSSR count). The molecule has 0 aromatic heterocycles. The van der Waals surface area contributed by atoms with E-state index in [4.69, 9.17) is 9.47 Å². The fourth-order valence-corrected chi connectivity index (χ4v) is 3.98. The largest absolute Gasteiger partial charge is 0.497 e. The van der Waals surface area contributed by atoms with Crippen molar-refractivity contribution in [2.45, 2.75) is 37.2 Å². The summed E-state index contributed by atoms with van der Waals surface area (Å²) in [5, 5.41) is 2.47. The maximum atomic E-state index is 12.6. The fourth-order valence-electron chi connectivity index (χ4n) is 3.32. The van der Waals surface area contributed by atoms with Gasteiger partial charge in [0.25, 0.3) is 10.1 Å². The molecule has 8 nitrogen and oxygen atoms in total. The number of ketones is 1. The summed E-state index contributed by atoms with van der Waals surface area (Å²) in [5.74, 6) is -1.29. The smallest absolute Gasteiger partial charge is 0.296 e. The summed E-state index contributed by atoms with van der Waals surface area (Å²) < 4.78 is 43.3. The van der Waals surface area contributed by atoms with Gasteiger partial charge in [-0.2, -0.15) is 8.42 Å². The number of benzene rings is 2. The Balaban J connectivity index is 2.14. The zero-order valence-corrected chi connectivity index (χ0v) is 18.5. The second kappa shape index (κ2) is 11.0. The van der Waals surface area contributed by atoms with Gasteiger partial charge in [-0.15, -0.1) is 0 Å². The van der Waals surface area contributed by atoms with Crippen molar-refractivity contribution in [2.75, 3.05) is 19.5 Å². The van der Waals surface area contributed by atoms with Gasteiger partial charge in [-0.05, 0) is 37.5 Å². The first-order chi connectivity index (χ1) is 14.7. The molecule has 31 heavy (non-hydrogen) atoms. The van der Waals surface area contributed by atoms with Gasteiger partial charge < -0.3 is 14.8 Å². The fraction of sp³-hybridized carbons (Fsp3) is 0.364. The molecular weight excluding hydrogens is 422 g/mol. The Labute approximate surface area is 182 Å². The molecule has 0 fully saturated rings. The third-order valence-electron chi connectivity index (χ3n) is 4.98. The van der Waals surface area contributed by atoms with E-state index in [1.54, 1.807) is 0 Å². The van der Waals surface area contributed by atoms with Crippen molar-refractivity contribution in [1.29, 1.82) is 0 Å². The summed E-state index contributed by atoms with van der Waals surface area (Å²) in [7, 11) is -1.77. The number of carbonyl (C=O) groups excluding carboxylic acids is 2. The first-order valence-electron chi connectivity index (χ1n) is 9.68. The summed E-state index contributed by atoms with van der Waals surface area (Å²) in [6.07, 6.45) is 0.535. The molecule has 0 spiro atoms. The third-order valence-corrected chi connectivity index (χ3v) is 5.87. The molecular formula is C22H27NO7S. The Bertz CT molecular complexity index is 1010. The Morgan fingerprint density at radius 2 is 1.77 bits per heavy atom. The molecule has 1 amide bonds. The normalized spacial score (nSPS) is 13.3. The van der Waals surface area contributed by atoms with E-state index in [0.29, 0.717) is 12.8 Å². The SMILES string of the molecule is COc1ccc(NC(=O)CC(C(C)=O)C(CCc2ccccc2)OC)c(S(=O)(=O)O)c1. The number of carbonyl (C=O) groups is 2. The molecule has 0 heterocycles. The van der Waals surface area contributed by atoms with Crippen molar-refractivity contribution in [3.05, 3.63) is 54.1 Å². The average Bonchev–Trinajstić information content (AvgIpc) is 2.73. The monoisotopic (exact) mass is 449 g/mol. The second-order valence-corrected chi connectivity index (χ2v) is 8.49. The summed E-state index contributed by atoms with van der Waals surface area (Å²) >= 11 is 0. The van der Waals surface area contributed by atoms with E-state index in [-0.39, 0.29) is 23.6 Å². The molecule has 0 aliphatic rings. The van der Waals surface area contributed by atoms with Crippen LogP contribution in [0.5, 0.6) is 5.75 Å². The van der Waals surface area contributed by atoms with Crippen molar-refractivity contribution in [1.82, 2.24) is 0 Å². The highest BCUT2D eigenvalue weighted by atomic mass is 32.2. The molecule has 2 unspecified atom stereocenters. The van der Waals surface area contributed by atoms with Gasteiger partial charge in [-0.1, -0.05) is 30.3 Å². The molecule has 2 aromatic rings. The number of Topliss-reactive ketones (excluding diaryl/α,β-unsaturated/α-hetero) is 1. The van der Waals surface area contributed by atoms with Crippen LogP contribution >= 0.6 is 0 Å².